The largest absolute Gasteiger partial charge is 0.433 e. The van der Waals surface area contributed by atoms with E-state index in [9.17, 15) is 13.2 Å². The lowest BCUT2D eigenvalue weighted by Gasteiger charge is -2.13. The van der Waals surface area contributed by atoms with Gasteiger partial charge in [-0.2, -0.15) is 13.2 Å². The lowest BCUT2D eigenvalue weighted by atomic mass is 10.0. The van der Waals surface area contributed by atoms with Gasteiger partial charge in [0.1, 0.15) is 0 Å². The van der Waals surface area contributed by atoms with Crippen molar-refractivity contribution in [3.05, 3.63) is 41.1 Å². The molecule has 0 unspecified atom stereocenters. The molecule has 0 spiro atoms. The van der Waals surface area contributed by atoms with Crippen molar-refractivity contribution in [3.63, 3.8) is 0 Å². The van der Waals surface area contributed by atoms with E-state index in [-0.39, 0.29) is 18.2 Å². The van der Waals surface area contributed by atoms with Gasteiger partial charge in [0.05, 0.1) is 5.69 Å². The van der Waals surface area contributed by atoms with E-state index in [1.807, 2.05) is 26.0 Å². The quantitative estimate of drug-likeness (QED) is 0.910. The van der Waals surface area contributed by atoms with Crippen molar-refractivity contribution in [2.75, 3.05) is 18.4 Å². The highest BCUT2D eigenvalue weighted by atomic mass is 19.4. The summed E-state index contributed by atoms with van der Waals surface area (Å²) in [6.07, 6.45) is -4.53. The van der Waals surface area contributed by atoms with E-state index in [0.29, 0.717) is 12.1 Å². The summed E-state index contributed by atoms with van der Waals surface area (Å²) in [6.45, 7) is 4.34. The van der Waals surface area contributed by atoms with Crippen LogP contribution in [0.3, 0.4) is 0 Å². The predicted molar refractivity (Wildman–Crippen MR) is 79.5 cm³/mol. The molecule has 0 saturated carbocycles. The maximum absolute atomic E-state index is 13.0. The zero-order valence-electron chi connectivity index (χ0n) is 12.3. The minimum atomic E-state index is -4.53. The average Bonchev–Trinajstić information content (AvgIpc) is 2.44. The maximum Gasteiger partial charge on any atom is 0.433 e. The monoisotopic (exact) mass is 310 g/mol. The van der Waals surface area contributed by atoms with Gasteiger partial charge in [-0.15, -0.1) is 0 Å². The van der Waals surface area contributed by atoms with E-state index < -0.39 is 11.9 Å². The summed E-state index contributed by atoms with van der Waals surface area (Å²) in [5.41, 5.74) is 7.15. The molecular weight excluding hydrogens is 293 g/mol. The summed E-state index contributed by atoms with van der Waals surface area (Å²) in [6, 6.07) is 6.47. The number of aromatic nitrogens is 2. The second-order valence-corrected chi connectivity index (χ2v) is 4.99. The molecule has 0 radical (unpaired) electrons. The number of aryl methyl sites for hydroxylation is 2. The molecule has 1 heterocycles. The molecule has 22 heavy (non-hydrogen) atoms. The highest BCUT2D eigenvalue weighted by molar-refractivity contribution is 5.65. The predicted octanol–water partition coefficient (Wildman–Crippen LogP) is 3.15. The Bertz CT molecular complexity index is 668. The fourth-order valence-corrected chi connectivity index (χ4v) is 2.09. The Balaban J connectivity index is 2.54. The first-order chi connectivity index (χ1) is 10.3. The van der Waals surface area contributed by atoms with E-state index in [0.717, 1.165) is 17.2 Å². The smallest absolute Gasteiger partial charge is 0.353 e. The topological polar surface area (TPSA) is 63.8 Å². The highest BCUT2D eigenvalue weighted by Gasteiger charge is 2.33. The number of benzene rings is 1. The van der Waals surface area contributed by atoms with Gasteiger partial charge >= 0.3 is 6.18 Å². The summed E-state index contributed by atoms with van der Waals surface area (Å²) in [4.78, 5) is 7.68. The number of nitrogens with two attached hydrogens (primary N) is 1. The number of nitrogens with one attached hydrogen (secondary N) is 1. The molecule has 0 bridgehead atoms. The minimum Gasteiger partial charge on any atom is -0.353 e. The van der Waals surface area contributed by atoms with Crippen molar-refractivity contribution in [3.8, 4) is 11.3 Å². The van der Waals surface area contributed by atoms with Gasteiger partial charge in [0.25, 0.3) is 0 Å². The Labute approximate surface area is 126 Å². The molecule has 1 aromatic carbocycles. The zero-order valence-corrected chi connectivity index (χ0v) is 12.3. The minimum absolute atomic E-state index is 0.0738. The number of hydrogen-bond acceptors (Lipinski definition) is 4. The molecule has 3 N–H and O–H groups in total. The molecule has 0 aliphatic heterocycles. The normalized spacial score (nSPS) is 11.5. The van der Waals surface area contributed by atoms with Gasteiger partial charge in [0.2, 0.25) is 5.95 Å². The summed E-state index contributed by atoms with van der Waals surface area (Å²) in [5.74, 6) is -0.0738. The van der Waals surface area contributed by atoms with Crippen LogP contribution in [-0.4, -0.2) is 23.1 Å². The van der Waals surface area contributed by atoms with Crippen molar-refractivity contribution in [2.45, 2.75) is 20.0 Å². The standard InChI is InChI=1S/C15H17F3N4/c1-9-3-4-11(10(2)7-9)12-8-13(15(16,17)18)22-14(21-12)20-6-5-19/h3-4,7-8H,5-6,19H2,1-2H3,(H,20,21,22). The first kappa shape index (κ1) is 16.2. The first-order valence-electron chi connectivity index (χ1n) is 6.79. The van der Waals surface area contributed by atoms with Crippen molar-refractivity contribution in [1.29, 1.82) is 0 Å². The van der Waals surface area contributed by atoms with Crippen LogP contribution in [0.4, 0.5) is 19.1 Å². The van der Waals surface area contributed by atoms with Crippen LogP contribution < -0.4 is 11.1 Å². The summed E-state index contributed by atoms with van der Waals surface area (Å²) in [7, 11) is 0. The van der Waals surface area contributed by atoms with Crippen LogP contribution in [0, 0.1) is 13.8 Å². The summed E-state index contributed by atoms with van der Waals surface area (Å²) < 4.78 is 39.0. The fraction of sp³-hybridized carbons (Fsp3) is 0.333. The Kier molecular flexibility index (Phi) is 4.65. The molecule has 0 amide bonds. The number of alkyl halides is 3. The zero-order chi connectivity index (χ0) is 16.3. The molecule has 2 rings (SSSR count). The second kappa shape index (κ2) is 6.31. The number of hydrogen-bond donors (Lipinski definition) is 2. The second-order valence-electron chi connectivity index (χ2n) is 4.99. The van der Waals surface area contributed by atoms with E-state index in [2.05, 4.69) is 15.3 Å². The van der Waals surface area contributed by atoms with Crippen molar-refractivity contribution in [1.82, 2.24) is 9.97 Å². The van der Waals surface area contributed by atoms with Gasteiger partial charge in [-0.05, 0) is 25.5 Å². The van der Waals surface area contributed by atoms with Crippen LogP contribution in [0.5, 0.6) is 0 Å². The van der Waals surface area contributed by atoms with Crippen LogP contribution in [0.1, 0.15) is 16.8 Å². The lowest BCUT2D eigenvalue weighted by molar-refractivity contribution is -0.141. The van der Waals surface area contributed by atoms with Gasteiger partial charge in [0, 0.05) is 18.7 Å². The third-order valence-corrected chi connectivity index (χ3v) is 3.10. The molecule has 7 heteroatoms. The Morgan fingerprint density at radius 3 is 2.45 bits per heavy atom. The highest BCUT2D eigenvalue weighted by Crippen LogP contribution is 2.32. The van der Waals surface area contributed by atoms with E-state index in [1.165, 1.54) is 0 Å². The van der Waals surface area contributed by atoms with Crippen molar-refractivity contribution in [2.24, 2.45) is 5.73 Å². The molecular formula is C15H17F3N4. The van der Waals surface area contributed by atoms with Crippen LogP contribution >= 0.6 is 0 Å². The van der Waals surface area contributed by atoms with Crippen LogP contribution in [0.25, 0.3) is 11.3 Å². The Hall–Kier alpha value is -2.15. The van der Waals surface area contributed by atoms with Gasteiger partial charge in [-0.3, -0.25) is 0 Å². The third-order valence-electron chi connectivity index (χ3n) is 3.10. The fourth-order valence-electron chi connectivity index (χ4n) is 2.09. The molecule has 0 aliphatic rings. The van der Waals surface area contributed by atoms with Crippen LogP contribution in [0.2, 0.25) is 0 Å². The number of anilines is 1. The molecule has 0 aliphatic carbocycles. The van der Waals surface area contributed by atoms with Crippen LogP contribution in [0.15, 0.2) is 24.3 Å². The average molecular weight is 310 g/mol. The van der Waals surface area contributed by atoms with E-state index in [1.54, 1.807) is 6.07 Å². The molecule has 4 nitrogen and oxygen atoms in total. The van der Waals surface area contributed by atoms with Gasteiger partial charge in [-0.1, -0.05) is 23.8 Å². The molecule has 118 valence electrons. The van der Waals surface area contributed by atoms with Crippen molar-refractivity contribution < 1.29 is 13.2 Å². The molecule has 0 fully saturated rings. The third kappa shape index (κ3) is 3.73. The van der Waals surface area contributed by atoms with Crippen molar-refractivity contribution >= 4 is 5.95 Å². The van der Waals surface area contributed by atoms with E-state index in [4.69, 9.17) is 5.73 Å². The Morgan fingerprint density at radius 2 is 1.86 bits per heavy atom. The SMILES string of the molecule is Cc1ccc(-c2cc(C(F)(F)F)nc(NCCN)n2)c(C)c1. The number of halogens is 3. The maximum atomic E-state index is 13.0. The Morgan fingerprint density at radius 1 is 1.14 bits per heavy atom. The van der Waals surface area contributed by atoms with Gasteiger partial charge in [0.15, 0.2) is 5.69 Å². The first-order valence-corrected chi connectivity index (χ1v) is 6.79. The number of nitrogens with zero attached hydrogens (tertiary/aromatic N) is 2. The van der Waals surface area contributed by atoms with Gasteiger partial charge < -0.3 is 11.1 Å². The molecule has 1 aromatic heterocycles. The molecule has 0 saturated heterocycles. The lowest BCUT2D eigenvalue weighted by Crippen LogP contribution is -2.17. The molecule has 0 atom stereocenters. The number of rotatable bonds is 4. The van der Waals surface area contributed by atoms with Crippen LogP contribution in [-0.2, 0) is 6.18 Å². The van der Waals surface area contributed by atoms with E-state index >= 15 is 0 Å². The van der Waals surface area contributed by atoms with Gasteiger partial charge in [-0.25, -0.2) is 9.97 Å². The summed E-state index contributed by atoms with van der Waals surface area (Å²) >= 11 is 0. The summed E-state index contributed by atoms with van der Waals surface area (Å²) in [5, 5.41) is 2.70. The molecule has 2 aromatic rings.